The number of hydrogen-bond donors (Lipinski definition) is 1. The lowest BCUT2D eigenvalue weighted by atomic mass is 9.91. The monoisotopic (exact) mass is 385 g/mol. The Kier molecular flexibility index (Phi) is 6.26. The van der Waals surface area contributed by atoms with Crippen LogP contribution >= 0.6 is 11.6 Å². The Hall–Kier alpha value is -2.21. The predicted octanol–water partition coefficient (Wildman–Crippen LogP) is 3.49. The van der Waals surface area contributed by atoms with Crippen molar-refractivity contribution in [1.82, 2.24) is 10.2 Å². The van der Waals surface area contributed by atoms with Crippen molar-refractivity contribution in [2.75, 3.05) is 6.54 Å². The van der Waals surface area contributed by atoms with Crippen LogP contribution in [0, 0.1) is 23.7 Å². The highest BCUT2D eigenvalue weighted by Crippen LogP contribution is 2.32. The maximum absolute atomic E-state index is 12.8. The van der Waals surface area contributed by atoms with Gasteiger partial charge in [0.1, 0.15) is 11.8 Å². The molecule has 1 N–H and O–H groups in total. The largest absolute Gasteiger partial charge is 0.473 e. The molecule has 0 radical (unpaired) electrons. The number of terminal acetylenes is 1. The molecule has 1 aromatic carbocycles. The van der Waals surface area contributed by atoms with E-state index >= 15 is 0 Å². The topological polar surface area (TPSA) is 65.4 Å². The first-order valence-electron chi connectivity index (χ1n) is 9.43. The average molecular weight is 386 g/mol. The first-order chi connectivity index (χ1) is 13.1. The Morgan fingerprint density at radius 3 is 2.56 bits per heavy atom. The van der Waals surface area contributed by atoms with Gasteiger partial charge in [0.05, 0.1) is 18.7 Å². The lowest BCUT2D eigenvalue weighted by Crippen LogP contribution is -2.55. The second kappa shape index (κ2) is 8.65. The van der Waals surface area contributed by atoms with Gasteiger partial charge >= 0.3 is 0 Å². The zero-order valence-corrected chi connectivity index (χ0v) is 16.0. The zero-order chi connectivity index (χ0) is 19.3. The van der Waals surface area contributed by atoms with Gasteiger partial charge in [0.2, 0.25) is 5.91 Å². The van der Waals surface area contributed by atoms with Crippen molar-refractivity contribution in [2.45, 2.75) is 62.8 Å². The lowest BCUT2D eigenvalue weighted by molar-refractivity contribution is -0.133. The zero-order valence-electron chi connectivity index (χ0n) is 15.3. The number of rotatable bonds is 5. The number of amides is 1. The van der Waals surface area contributed by atoms with Gasteiger partial charge in [0, 0.05) is 17.9 Å². The Bertz CT molecular complexity index is 722. The maximum Gasteiger partial charge on any atom is 0.238 e. The van der Waals surface area contributed by atoms with Gasteiger partial charge in [-0.15, -0.1) is 6.42 Å². The first-order valence-corrected chi connectivity index (χ1v) is 9.81. The third kappa shape index (κ3) is 4.56. The summed E-state index contributed by atoms with van der Waals surface area (Å²) in [5.74, 6) is 3.21. The molecule has 1 saturated carbocycles. The number of benzene rings is 1. The van der Waals surface area contributed by atoms with E-state index in [2.05, 4.69) is 17.3 Å². The normalized spacial score (nSPS) is 24.0. The quantitative estimate of drug-likeness (QED) is 0.622. The maximum atomic E-state index is 12.8. The highest BCUT2D eigenvalue weighted by atomic mass is 35.5. The van der Waals surface area contributed by atoms with Crippen molar-refractivity contribution < 1.29 is 9.53 Å². The van der Waals surface area contributed by atoms with E-state index in [0.29, 0.717) is 17.9 Å². The van der Waals surface area contributed by atoms with Crippen LogP contribution in [0.5, 0.6) is 5.75 Å². The summed E-state index contributed by atoms with van der Waals surface area (Å²) < 4.78 is 6.27. The third-order valence-electron chi connectivity index (χ3n) is 5.36. The van der Waals surface area contributed by atoms with Crippen LogP contribution in [0.2, 0.25) is 5.02 Å². The fourth-order valence-electron chi connectivity index (χ4n) is 3.94. The fourth-order valence-corrected chi connectivity index (χ4v) is 4.07. The number of ether oxygens (including phenoxy) is 1. The molecule has 5 nitrogen and oxygen atoms in total. The molecule has 1 aromatic rings. The van der Waals surface area contributed by atoms with E-state index < -0.39 is 11.8 Å². The minimum Gasteiger partial charge on any atom is -0.473 e. The molecule has 1 aliphatic carbocycles. The van der Waals surface area contributed by atoms with Crippen molar-refractivity contribution >= 4 is 17.5 Å². The van der Waals surface area contributed by atoms with Gasteiger partial charge < -0.3 is 9.64 Å². The third-order valence-corrected chi connectivity index (χ3v) is 5.62. The van der Waals surface area contributed by atoms with Crippen LogP contribution in [0.15, 0.2) is 24.3 Å². The van der Waals surface area contributed by atoms with Gasteiger partial charge in [0.25, 0.3) is 0 Å². The van der Waals surface area contributed by atoms with Crippen molar-refractivity contribution in [3.05, 3.63) is 29.3 Å². The molecule has 0 aromatic heterocycles. The number of nitriles is 1. The Balaban J connectivity index is 1.69. The molecule has 2 atom stereocenters. The number of carbonyl (C=O) groups excluding carboxylic acids is 1. The molecule has 27 heavy (non-hydrogen) atoms. The van der Waals surface area contributed by atoms with E-state index in [-0.39, 0.29) is 18.5 Å². The Morgan fingerprint density at radius 2 is 1.93 bits per heavy atom. The van der Waals surface area contributed by atoms with Gasteiger partial charge in [-0.2, -0.15) is 5.26 Å². The molecule has 0 unspecified atom stereocenters. The number of carbonyl (C=O) groups is 1. The van der Waals surface area contributed by atoms with Gasteiger partial charge in [0.15, 0.2) is 5.72 Å². The van der Waals surface area contributed by atoms with Crippen molar-refractivity contribution in [2.24, 2.45) is 0 Å². The van der Waals surface area contributed by atoms with Crippen molar-refractivity contribution in [3.63, 3.8) is 0 Å². The Morgan fingerprint density at radius 1 is 1.26 bits per heavy atom. The number of hydrogen-bond acceptors (Lipinski definition) is 4. The van der Waals surface area contributed by atoms with Crippen LogP contribution in [0.4, 0.5) is 0 Å². The van der Waals surface area contributed by atoms with E-state index in [1.54, 1.807) is 17.0 Å². The van der Waals surface area contributed by atoms with Crippen LogP contribution in [0.1, 0.15) is 44.9 Å². The summed E-state index contributed by atoms with van der Waals surface area (Å²) in [5, 5.41) is 13.3. The molecule has 6 heteroatoms. The molecule has 0 bridgehead atoms. The molecule has 3 rings (SSSR count). The summed E-state index contributed by atoms with van der Waals surface area (Å²) in [5.41, 5.74) is -0.588. The summed E-state index contributed by atoms with van der Waals surface area (Å²) in [6.07, 6.45) is 11.7. The number of nitrogens with zero attached hydrogens (tertiary/aromatic N) is 2. The lowest BCUT2D eigenvalue weighted by Gasteiger charge is -2.39. The fraction of sp³-hybridized carbons (Fsp3) is 0.524. The van der Waals surface area contributed by atoms with Crippen LogP contribution in [-0.4, -0.2) is 35.2 Å². The average Bonchev–Trinajstić information content (AvgIpc) is 3.12. The Labute approximate surface area is 165 Å². The van der Waals surface area contributed by atoms with E-state index in [9.17, 15) is 10.1 Å². The van der Waals surface area contributed by atoms with Crippen LogP contribution < -0.4 is 10.1 Å². The molecule has 142 valence electrons. The standard InChI is InChI=1S/C21H24ClN3O2/c1-2-17-8-9-18(14-23)25(17)20(26)15-24-21(12-4-3-5-13-21)27-19-10-6-16(22)7-11-19/h1,6-7,10-11,17-18,24H,3-5,8-9,12-13,15H2/t17-,18-/m0/s1. The molecule has 1 amide bonds. The van der Waals surface area contributed by atoms with E-state index in [0.717, 1.165) is 37.9 Å². The van der Waals surface area contributed by atoms with Crippen LogP contribution in [-0.2, 0) is 4.79 Å². The summed E-state index contributed by atoms with van der Waals surface area (Å²) in [7, 11) is 0. The van der Waals surface area contributed by atoms with E-state index in [1.807, 2.05) is 12.1 Å². The molecule has 1 aliphatic heterocycles. The number of halogens is 1. The molecule has 1 heterocycles. The number of nitrogens with one attached hydrogen (secondary N) is 1. The first kappa shape index (κ1) is 19.5. The molecule has 2 fully saturated rings. The molecule has 0 spiro atoms. The highest BCUT2D eigenvalue weighted by molar-refractivity contribution is 6.30. The van der Waals surface area contributed by atoms with Gasteiger partial charge in [-0.05, 0) is 49.9 Å². The smallest absolute Gasteiger partial charge is 0.238 e. The second-order valence-corrected chi connectivity index (χ2v) is 7.61. The van der Waals surface area contributed by atoms with Gasteiger partial charge in [-0.3, -0.25) is 10.1 Å². The highest BCUT2D eigenvalue weighted by Gasteiger charge is 2.39. The molecule has 2 aliphatic rings. The molecule has 1 saturated heterocycles. The second-order valence-electron chi connectivity index (χ2n) is 7.17. The summed E-state index contributed by atoms with van der Waals surface area (Å²) >= 11 is 5.96. The summed E-state index contributed by atoms with van der Waals surface area (Å²) in [6.45, 7) is 0.101. The minimum atomic E-state index is -0.588. The predicted molar refractivity (Wildman–Crippen MR) is 104 cm³/mol. The van der Waals surface area contributed by atoms with E-state index in [4.69, 9.17) is 22.8 Å². The van der Waals surface area contributed by atoms with Crippen LogP contribution in [0.3, 0.4) is 0 Å². The summed E-state index contributed by atoms with van der Waals surface area (Å²) in [4.78, 5) is 14.4. The van der Waals surface area contributed by atoms with Gasteiger partial charge in [-0.25, -0.2) is 0 Å². The van der Waals surface area contributed by atoms with Crippen molar-refractivity contribution in [3.8, 4) is 24.2 Å². The van der Waals surface area contributed by atoms with E-state index in [1.165, 1.54) is 0 Å². The minimum absolute atomic E-state index is 0.101. The number of likely N-dealkylation sites (tertiary alicyclic amines) is 1. The molecular weight excluding hydrogens is 362 g/mol. The SMILES string of the molecule is C#C[C@H]1CC[C@@H](C#N)N1C(=O)CNC1(Oc2ccc(Cl)cc2)CCCCC1. The molecular formula is C21H24ClN3O2. The van der Waals surface area contributed by atoms with Crippen LogP contribution in [0.25, 0.3) is 0 Å². The van der Waals surface area contributed by atoms with Crippen molar-refractivity contribution in [1.29, 1.82) is 5.26 Å². The summed E-state index contributed by atoms with van der Waals surface area (Å²) in [6, 6.07) is 8.69. The van der Waals surface area contributed by atoms with Gasteiger partial charge in [-0.1, -0.05) is 23.9 Å².